The number of rotatable bonds is 5. The van der Waals surface area contributed by atoms with E-state index in [1.165, 1.54) is 0 Å². The number of hydrogen-bond donors (Lipinski definition) is 1. The fraction of sp³-hybridized carbons (Fsp3) is 0.333. The third-order valence-electron chi connectivity index (χ3n) is 5.66. The van der Waals surface area contributed by atoms with Crippen molar-refractivity contribution in [2.45, 2.75) is 19.3 Å². The first-order valence-electron chi connectivity index (χ1n) is 9.06. The second-order valence-electron chi connectivity index (χ2n) is 7.27. The number of carboxylic acids is 1. The largest absolute Gasteiger partial charge is 0.550 e. The van der Waals surface area contributed by atoms with Crippen molar-refractivity contribution in [3.05, 3.63) is 53.6 Å². The number of aliphatic carboxylic acids is 1. The molecule has 0 saturated heterocycles. The van der Waals surface area contributed by atoms with Gasteiger partial charge < -0.3 is 20.0 Å². The lowest BCUT2D eigenvalue weighted by Crippen LogP contribution is -2.43. The minimum Gasteiger partial charge on any atom is -0.550 e. The molecule has 140 valence electrons. The molecule has 0 spiro atoms. The van der Waals surface area contributed by atoms with Gasteiger partial charge in [-0.15, -0.1) is 0 Å². The van der Waals surface area contributed by atoms with Crippen LogP contribution in [0, 0.1) is 23.7 Å². The first-order valence-corrected chi connectivity index (χ1v) is 9.44. The van der Waals surface area contributed by atoms with E-state index in [2.05, 4.69) is 5.32 Å². The lowest BCUT2D eigenvalue weighted by atomic mass is 9.78. The van der Waals surface area contributed by atoms with Gasteiger partial charge in [0.05, 0.1) is 0 Å². The number of fused-ring (bicyclic) bond motifs is 2. The molecule has 2 fully saturated rings. The molecule has 27 heavy (non-hydrogen) atoms. The second-order valence-corrected chi connectivity index (χ2v) is 7.71. The summed E-state index contributed by atoms with van der Waals surface area (Å²) in [5.41, 5.74) is 0.614. The van der Waals surface area contributed by atoms with E-state index in [-0.39, 0.29) is 17.7 Å². The Kier molecular flexibility index (Phi) is 4.79. The van der Waals surface area contributed by atoms with E-state index in [1.807, 2.05) is 0 Å². The molecule has 2 aliphatic rings. The van der Waals surface area contributed by atoms with E-state index in [1.54, 1.807) is 48.5 Å². The number of ether oxygens (including phenoxy) is 1. The summed E-state index contributed by atoms with van der Waals surface area (Å²) in [6, 6.07) is 14.0. The fourth-order valence-electron chi connectivity index (χ4n) is 4.48. The predicted octanol–water partition coefficient (Wildman–Crippen LogP) is 3.48. The summed E-state index contributed by atoms with van der Waals surface area (Å²) in [5, 5.41) is 15.0. The van der Waals surface area contributed by atoms with Crippen molar-refractivity contribution in [1.82, 2.24) is 0 Å². The minimum atomic E-state index is -1.10. The normalized spacial score (nSPS) is 26.0. The zero-order valence-corrected chi connectivity index (χ0v) is 15.3. The van der Waals surface area contributed by atoms with E-state index in [4.69, 9.17) is 16.3 Å². The van der Waals surface area contributed by atoms with E-state index in [0.717, 1.165) is 19.3 Å². The highest BCUT2D eigenvalue weighted by Crippen LogP contribution is 2.52. The second kappa shape index (κ2) is 7.24. The summed E-state index contributed by atoms with van der Waals surface area (Å²) in [4.78, 5) is 24.2. The van der Waals surface area contributed by atoms with Crippen LogP contribution >= 0.6 is 11.6 Å². The molecule has 0 aromatic heterocycles. The highest BCUT2D eigenvalue weighted by Gasteiger charge is 2.51. The lowest BCUT2D eigenvalue weighted by molar-refractivity contribution is -0.314. The molecule has 2 aliphatic carbocycles. The Morgan fingerprint density at radius 3 is 2.07 bits per heavy atom. The van der Waals surface area contributed by atoms with Gasteiger partial charge in [0.15, 0.2) is 0 Å². The topological polar surface area (TPSA) is 78.5 Å². The summed E-state index contributed by atoms with van der Waals surface area (Å²) in [6.07, 6.45) is 2.61. The Morgan fingerprint density at radius 1 is 0.926 bits per heavy atom. The predicted molar refractivity (Wildman–Crippen MR) is 99.4 cm³/mol. The molecule has 2 aromatic carbocycles. The molecular formula is C21H19ClNO4-. The zero-order chi connectivity index (χ0) is 19.0. The molecule has 4 rings (SSSR count). The average Bonchev–Trinajstić information content (AvgIpc) is 3.26. The first kappa shape index (κ1) is 17.9. The average molecular weight is 385 g/mol. The van der Waals surface area contributed by atoms with Crippen LogP contribution in [0.3, 0.4) is 0 Å². The van der Waals surface area contributed by atoms with Crippen molar-refractivity contribution in [3.8, 4) is 11.5 Å². The summed E-state index contributed by atoms with van der Waals surface area (Å²) in [6.45, 7) is 0. The van der Waals surface area contributed by atoms with Crippen LogP contribution in [0.25, 0.3) is 0 Å². The quantitative estimate of drug-likeness (QED) is 0.855. The van der Waals surface area contributed by atoms with Crippen molar-refractivity contribution < 1.29 is 19.4 Å². The number of halogens is 1. The lowest BCUT2D eigenvalue weighted by Gasteiger charge is -2.30. The monoisotopic (exact) mass is 384 g/mol. The van der Waals surface area contributed by atoms with Gasteiger partial charge in [0.2, 0.25) is 5.91 Å². The van der Waals surface area contributed by atoms with Crippen molar-refractivity contribution in [1.29, 1.82) is 0 Å². The van der Waals surface area contributed by atoms with Gasteiger partial charge >= 0.3 is 0 Å². The Bertz CT molecular complexity index is 849. The standard InChI is InChI=1S/C21H20ClNO4/c22-14-3-7-16(8-4-14)27-17-9-5-15(6-10-17)23-20(24)18-12-1-2-13(11-12)19(18)21(25)26/h3-10,12-13,18-19H,1-2,11H2,(H,23,24)(H,25,26)/p-1/t12-,13-,18-,19-/m0/s1. The highest BCUT2D eigenvalue weighted by atomic mass is 35.5. The van der Waals surface area contributed by atoms with Crippen LogP contribution in [0.2, 0.25) is 5.02 Å². The molecule has 2 bridgehead atoms. The Hall–Kier alpha value is -2.53. The number of amides is 1. The number of carboxylic acid groups (broad SMARTS) is 1. The van der Waals surface area contributed by atoms with Crippen LogP contribution in [0.4, 0.5) is 5.69 Å². The van der Waals surface area contributed by atoms with Gasteiger partial charge in [0.1, 0.15) is 11.5 Å². The maximum Gasteiger partial charge on any atom is 0.228 e. The molecule has 0 radical (unpaired) electrons. The van der Waals surface area contributed by atoms with E-state index in [0.29, 0.717) is 22.2 Å². The third kappa shape index (κ3) is 3.65. The number of carbonyl (C=O) groups is 2. The number of hydrogen-bond acceptors (Lipinski definition) is 4. The number of carbonyl (C=O) groups excluding carboxylic acids is 2. The molecule has 1 N–H and O–H groups in total. The summed E-state index contributed by atoms with van der Waals surface area (Å²) in [5.74, 6) is -0.999. The maximum atomic E-state index is 12.7. The van der Waals surface area contributed by atoms with Crippen molar-refractivity contribution in [3.63, 3.8) is 0 Å². The smallest absolute Gasteiger partial charge is 0.228 e. The summed E-state index contributed by atoms with van der Waals surface area (Å²) < 4.78 is 5.72. The van der Waals surface area contributed by atoms with Crippen LogP contribution in [0.1, 0.15) is 19.3 Å². The molecule has 5 nitrogen and oxygen atoms in total. The van der Waals surface area contributed by atoms with Crippen LogP contribution < -0.4 is 15.2 Å². The Morgan fingerprint density at radius 2 is 1.48 bits per heavy atom. The molecule has 0 aliphatic heterocycles. The van der Waals surface area contributed by atoms with Gasteiger partial charge in [-0.25, -0.2) is 0 Å². The molecular weight excluding hydrogens is 366 g/mol. The van der Waals surface area contributed by atoms with Crippen LogP contribution in [0.5, 0.6) is 11.5 Å². The van der Waals surface area contributed by atoms with Gasteiger partial charge in [-0.05, 0) is 79.6 Å². The van der Waals surface area contributed by atoms with E-state index >= 15 is 0 Å². The number of benzene rings is 2. The molecule has 0 heterocycles. The highest BCUT2D eigenvalue weighted by molar-refractivity contribution is 6.30. The Labute approximate surface area is 162 Å². The zero-order valence-electron chi connectivity index (χ0n) is 14.6. The SMILES string of the molecule is O=C([O-])[C@H]1[C@H]2CC[C@@H](C2)[C@@H]1C(=O)Nc1ccc(Oc2ccc(Cl)cc2)cc1. The van der Waals surface area contributed by atoms with Crippen molar-refractivity contribution in [2.24, 2.45) is 23.7 Å². The molecule has 6 heteroatoms. The molecule has 1 amide bonds. The van der Waals surface area contributed by atoms with Crippen molar-refractivity contribution in [2.75, 3.05) is 5.32 Å². The van der Waals surface area contributed by atoms with Gasteiger partial charge in [-0.2, -0.15) is 0 Å². The molecule has 4 atom stereocenters. The molecule has 0 unspecified atom stereocenters. The van der Waals surface area contributed by atoms with Gasteiger partial charge in [0.25, 0.3) is 0 Å². The molecule has 2 saturated carbocycles. The van der Waals surface area contributed by atoms with Crippen LogP contribution in [0.15, 0.2) is 48.5 Å². The summed E-state index contributed by atoms with van der Waals surface area (Å²) >= 11 is 5.85. The maximum absolute atomic E-state index is 12.7. The van der Waals surface area contributed by atoms with Gasteiger partial charge in [-0.1, -0.05) is 11.6 Å². The van der Waals surface area contributed by atoms with Crippen LogP contribution in [-0.4, -0.2) is 11.9 Å². The summed E-state index contributed by atoms with van der Waals surface area (Å²) in [7, 11) is 0. The van der Waals surface area contributed by atoms with Gasteiger partial charge in [-0.3, -0.25) is 4.79 Å². The number of anilines is 1. The van der Waals surface area contributed by atoms with E-state index < -0.39 is 17.8 Å². The molecule has 2 aromatic rings. The van der Waals surface area contributed by atoms with Crippen molar-refractivity contribution >= 4 is 29.2 Å². The fourth-order valence-corrected chi connectivity index (χ4v) is 4.60. The Balaban J connectivity index is 1.41. The number of nitrogens with one attached hydrogen (secondary N) is 1. The third-order valence-corrected chi connectivity index (χ3v) is 5.91. The first-order chi connectivity index (χ1) is 13.0. The van der Waals surface area contributed by atoms with Crippen LogP contribution in [-0.2, 0) is 9.59 Å². The van der Waals surface area contributed by atoms with Gasteiger partial charge in [0, 0.05) is 28.5 Å². The minimum absolute atomic E-state index is 0.0749. The van der Waals surface area contributed by atoms with E-state index in [9.17, 15) is 14.7 Å².